The number of ether oxygens (including phenoxy) is 2. The van der Waals surface area contributed by atoms with Crippen LogP contribution in [0.3, 0.4) is 0 Å². The van der Waals surface area contributed by atoms with Gasteiger partial charge in [0.2, 0.25) is 0 Å². The lowest BCUT2D eigenvalue weighted by Gasteiger charge is -2.32. The summed E-state index contributed by atoms with van der Waals surface area (Å²) in [6.07, 6.45) is 4.99. The predicted octanol–water partition coefficient (Wildman–Crippen LogP) is 2.36. The van der Waals surface area contributed by atoms with Gasteiger partial charge >= 0.3 is 6.01 Å². The minimum atomic E-state index is -0.352. The van der Waals surface area contributed by atoms with Crippen LogP contribution < -0.4 is 20.3 Å². The minimum absolute atomic E-state index is 0.0408. The summed E-state index contributed by atoms with van der Waals surface area (Å²) in [5, 5.41) is 8.35. The number of nitrogens with zero attached hydrogens (tertiary/aromatic N) is 6. The molecule has 2 saturated heterocycles. The Balaban J connectivity index is 1.22. The highest BCUT2D eigenvalue weighted by molar-refractivity contribution is 7.14. The van der Waals surface area contributed by atoms with Crippen LogP contribution in [0.5, 0.6) is 6.01 Å². The van der Waals surface area contributed by atoms with Crippen LogP contribution in [0.4, 0.5) is 10.8 Å². The number of methoxy groups -OCH3 is 1. The molecule has 5 rings (SSSR count). The number of benzene rings is 1. The molecule has 0 atom stereocenters. The molecule has 12 nitrogen and oxygen atoms in total. The van der Waals surface area contributed by atoms with Crippen LogP contribution in [0, 0.1) is 0 Å². The van der Waals surface area contributed by atoms with Crippen molar-refractivity contribution in [1.82, 2.24) is 30.1 Å². The van der Waals surface area contributed by atoms with Crippen molar-refractivity contribution in [3.8, 4) is 6.01 Å². The molecule has 2 fully saturated rings. The van der Waals surface area contributed by atoms with Gasteiger partial charge in [0.15, 0.2) is 5.13 Å². The van der Waals surface area contributed by atoms with E-state index in [2.05, 4.69) is 47.3 Å². The van der Waals surface area contributed by atoms with Crippen molar-refractivity contribution in [3.05, 3.63) is 58.9 Å². The summed E-state index contributed by atoms with van der Waals surface area (Å²) in [4.78, 5) is 46.1. The summed E-state index contributed by atoms with van der Waals surface area (Å²) in [6, 6.07) is 7.80. The van der Waals surface area contributed by atoms with Crippen molar-refractivity contribution >= 4 is 34.0 Å². The van der Waals surface area contributed by atoms with Gasteiger partial charge in [-0.1, -0.05) is 6.07 Å². The lowest BCUT2D eigenvalue weighted by molar-refractivity contribution is 0.0937. The first-order valence-electron chi connectivity index (χ1n) is 14.2. The Morgan fingerprint density at radius 1 is 1.05 bits per heavy atom. The maximum Gasteiger partial charge on any atom is 0.316 e. The molecule has 1 aromatic carbocycles. The Kier molecular flexibility index (Phi) is 10.3. The first kappa shape index (κ1) is 29.8. The van der Waals surface area contributed by atoms with Gasteiger partial charge in [0.05, 0.1) is 17.9 Å². The quantitative estimate of drug-likeness (QED) is 0.320. The molecule has 0 radical (unpaired) electrons. The van der Waals surface area contributed by atoms with E-state index in [1.54, 1.807) is 30.9 Å². The SMILES string of the molecule is COCCNC(=O)c1cc(CN2CCN(C)CC2)ccc1NC(=O)c1csc(N2CCC(Oc3ncccn3)CC2)n1. The second-order valence-corrected chi connectivity index (χ2v) is 11.3. The molecule has 0 aliphatic carbocycles. The lowest BCUT2D eigenvalue weighted by Crippen LogP contribution is -2.43. The lowest BCUT2D eigenvalue weighted by atomic mass is 10.1. The van der Waals surface area contributed by atoms with E-state index in [4.69, 9.17) is 9.47 Å². The smallest absolute Gasteiger partial charge is 0.316 e. The van der Waals surface area contributed by atoms with E-state index in [-0.39, 0.29) is 17.9 Å². The normalized spacial score (nSPS) is 16.8. The Morgan fingerprint density at radius 2 is 1.81 bits per heavy atom. The zero-order valence-electron chi connectivity index (χ0n) is 24.1. The molecule has 2 aliphatic rings. The number of piperidine rings is 1. The molecule has 2 amide bonds. The van der Waals surface area contributed by atoms with Crippen LogP contribution in [0.25, 0.3) is 0 Å². The van der Waals surface area contributed by atoms with Crippen LogP contribution in [0.15, 0.2) is 42.0 Å². The summed E-state index contributed by atoms with van der Waals surface area (Å²) in [6.45, 7) is 7.02. The molecule has 13 heteroatoms. The predicted molar refractivity (Wildman–Crippen MR) is 161 cm³/mol. The van der Waals surface area contributed by atoms with E-state index in [0.717, 1.165) is 69.3 Å². The van der Waals surface area contributed by atoms with E-state index in [9.17, 15) is 9.59 Å². The number of amides is 2. The number of hydrogen-bond acceptors (Lipinski definition) is 11. The van der Waals surface area contributed by atoms with Gasteiger partial charge < -0.3 is 29.9 Å². The fourth-order valence-corrected chi connectivity index (χ4v) is 5.83. The van der Waals surface area contributed by atoms with E-state index in [1.165, 1.54) is 11.3 Å². The van der Waals surface area contributed by atoms with Crippen molar-refractivity contribution in [2.75, 3.05) is 76.8 Å². The van der Waals surface area contributed by atoms with Crippen molar-refractivity contribution in [1.29, 1.82) is 0 Å². The standard InChI is InChI=1S/C29H38N8O4S/c1-35-13-15-36(16-14-35)19-21-4-5-24(23(18-21)26(38)30-10-17-40-2)33-27(39)25-20-42-29(34-25)37-11-6-22(7-12-37)41-28-31-8-3-9-32-28/h3-5,8-9,18,20,22H,6-7,10-17,19H2,1-2H3,(H,30,38)(H,33,39). The minimum Gasteiger partial charge on any atom is -0.460 e. The molecular weight excluding hydrogens is 556 g/mol. The van der Waals surface area contributed by atoms with Crippen molar-refractivity contribution in [2.24, 2.45) is 0 Å². The zero-order chi connectivity index (χ0) is 29.3. The Labute approximate surface area is 250 Å². The van der Waals surface area contributed by atoms with Gasteiger partial charge in [0.1, 0.15) is 11.8 Å². The Hall–Kier alpha value is -3.65. The summed E-state index contributed by atoms with van der Waals surface area (Å²) < 4.78 is 11.0. The second kappa shape index (κ2) is 14.5. The van der Waals surface area contributed by atoms with E-state index >= 15 is 0 Å². The largest absolute Gasteiger partial charge is 0.460 e. The summed E-state index contributed by atoms with van der Waals surface area (Å²) in [5.41, 5.74) is 2.22. The van der Waals surface area contributed by atoms with Gasteiger partial charge in [-0.3, -0.25) is 14.5 Å². The molecule has 0 saturated carbocycles. The summed E-state index contributed by atoms with van der Waals surface area (Å²) >= 11 is 1.43. The number of carbonyl (C=O) groups is 2. The molecule has 42 heavy (non-hydrogen) atoms. The fourth-order valence-electron chi connectivity index (χ4n) is 4.97. The Bertz CT molecular complexity index is 1320. The molecule has 2 aromatic heterocycles. The highest BCUT2D eigenvalue weighted by atomic mass is 32.1. The van der Waals surface area contributed by atoms with Crippen LogP contribution in [0.2, 0.25) is 0 Å². The molecule has 224 valence electrons. The number of nitrogens with one attached hydrogen (secondary N) is 2. The molecular formula is C29H38N8O4S. The van der Waals surface area contributed by atoms with Crippen molar-refractivity contribution in [2.45, 2.75) is 25.5 Å². The average Bonchev–Trinajstić information content (AvgIpc) is 3.51. The van der Waals surface area contributed by atoms with E-state index < -0.39 is 0 Å². The molecule has 0 bridgehead atoms. The Morgan fingerprint density at radius 3 is 2.55 bits per heavy atom. The van der Waals surface area contributed by atoms with Gasteiger partial charge in [-0.15, -0.1) is 11.3 Å². The maximum absolute atomic E-state index is 13.2. The first-order valence-corrected chi connectivity index (χ1v) is 15.1. The van der Waals surface area contributed by atoms with Crippen molar-refractivity contribution in [3.63, 3.8) is 0 Å². The number of rotatable bonds is 11. The summed E-state index contributed by atoms with van der Waals surface area (Å²) in [5.74, 6) is -0.609. The van der Waals surface area contributed by atoms with Gasteiger partial charge in [-0.05, 0) is 30.8 Å². The first-order chi connectivity index (χ1) is 20.5. The third-order valence-corrected chi connectivity index (χ3v) is 8.32. The second-order valence-electron chi connectivity index (χ2n) is 10.5. The van der Waals surface area contributed by atoms with Crippen LogP contribution >= 0.6 is 11.3 Å². The number of likely N-dealkylation sites (N-methyl/N-ethyl adjacent to an activating group) is 1. The molecule has 2 N–H and O–H groups in total. The summed E-state index contributed by atoms with van der Waals surface area (Å²) in [7, 11) is 3.72. The third kappa shape index (κ3) is 8.00. The number of hydrogen-bond donors (Lipinski definition) is 2. The molecule has 0 unspecified atom stereocenters. The monoisotopic (exact) mass is 594 g/mol. The molecule has 2 aliphatic heterocycles. The number of piperazine rings is 1. The molecule has 3 aromatic rings. The van der Waals surface area contributed by atoms with Crippen LogP contribution in [-0.2, 0) is 11.3 Å². The number of aromatic nitrogens is 3. The third-order valence-electron chi connectivity index (χ3n) is 7.42. The van der Waals surface area contributed by atoms with Crippen LogP contribution in [-0.4, -0.2) is 109 Å². The van der Waals surface area contributed by atoms with Gasteiger partial charge in [-0.25, -0.2) is 15.0 Å². The fraction of sp³-hybridized carbons (Fsp3) is 0.483. The number of thiazole rings is 1. The topological polar surface area (TPSA) is 125 Å². The van der Waals surface area contributed by atoms with Gasteiger partial charge in [-0.2, -0.15) is 0 Å². The highest BCUT2D eigenvalue weighted by Crippen LogP contribution is 2.27. The number of carbonyl (C=O) groups excluding carboxylic acids is 2. The van der Waals surface area contributed by atoms with E-state index in [0.29, 0.717) is 36.1 Å². The van der Waals surface area contributed by atoms with Gasteiger partial charge in [0, 0.05) is 90.1 Å². The van der Waals surface area contributed by atoms with Crippen molar-refractivity contribution < 1.29 is 19.1 Å². The average molecular weight is 595 g/mol. The van der Waals surface area contributed by atoms with Crippen LogP contribution in [0.1, 0.15) is 39.3 Å². The zero-order valence-corrected chi connectivity index (χ0v) is 24.9. The number of anilines is 2. The molecule has 0 spiro atoms. The van der Waals surface area contributed by atoms with Gasteiger partial charge in [0.25, 0.3) is 11.8 Å². The van der Waals surface area contributed by atoms with E-state index in [1.807, 2.05) is 18.2 Å². The molecule has 4 heterocycles. The highest BCUT2D eigenvalue weighted by Gasteiger charge is 2.25. The maximum atomic E-state index is 13.2.